The van der Waals surface area contributed by atoms with Crippen LogP contribution >= 0.6 is 15.9 Å². The van der Waals surface area contributed by atoms with Gasteiger partial charge in [0.1, 0.15) is 16.4 Å². The van der Waals surface area contributed by atoms with Crippen molar-refractivity contribution >= 4 is 31.6 Å². The summed E-state index contributed by atoms with van der Waals surface area (Å²) >= 11 is 2.89. The molecule has 1 aromatic rings. The molecule has 0 amide bonds. The average molecular weight is 355 g/mol. The van der Waals surface area contributed by atoms with Crippen molar-refractivity contribution in [3.63, 3.8) is 0 Å². The lowest BCUT2D eigenvalue weighted by Crippen LogP contribution is -2.41. The number of sulfone groups is 1. The van der Waals surface area contributed by atoms with Gasteiger partial charge in [-0.05, 0) is 41.9 Å². The maximum absolute atomic E-state index is 13.7. The number of Topliss-reactive ketones (excluding diaryl/α,β-unsaturated/α-hetero) is 1. The predicted molar refractivity (Wildman–Crippen MR) is 71.7 cm³/mol. The van der Waals surface area contributed by atoms with Gasteiger partial charge >= 0.3 is 0 Å². The molecule has 0 saturated carbocycles. The SMILES string of the molecule is CC(C)(C(=O)Cc1c(F)ccc(Br)c1F)S(C)(=O)=O. The van der Waals surface area contributed by atoms with Crippen molar-refractivity contribution in [2.75, 3.05) is 6.26 Å². The van der Waals surface area contributed by atoms with E-state index < -0.39 is 44.0 Å². The van der Waals surface area contributed by atoms with Crippen molar-refractivity contribution in [3.05, 3.63) is 33.8 Å². The number of hydrogen-bond acceptors (Lipinski definition) is 3. The van der Waals surface area contributed by atoms with Crippen molar-refractivity contribution in [1.82, 2.24) is 0 Å². The Balaban J connectivity index is 3.19. The number of benzene rings is 1. The lowest BCUT2D eigenvalue weighted by molar-refractivity contribution is -0.120. The molecule has 0 aliphatic rings. The minimum absolute atomic E-state index is 0.0221. The fraction of sp³-hybridized carbons (Fsp3) is 0.417. The van der Waals surface area contributed by atoms with E-state index >= 15 is 0 Å². The Morgan fingerprint density at radius 1 is 1.32 bits per heavy atom. The van der Waals surface area contributed by atoms with Gasteiger partial charge in [-0.3, -0.25) is 4.79 Å². The normalized spacial score (nSPS) is 12.5. The van der Waals surface area contributed by atoms with E-state index in [4.69, 9.17) is 0 Å². The standard InChI is InChI=1S/C12H13BrF2O3S/c1-12(2,19(3,17)18)10(16)6-7-9(14)5-4-8(13)11(7)15/h4-5H,6H2,1-3H3. The summed E-state index contributed by atoms with van der Waals surface area (Å²) in [5, 5.41) is 0. The van der Waals surface area contributed by atoms with E-state index in [1.165, 1.54) is 19.9 Å². The van der Waals surface area contributed by atoms with Crippen LogP contribution in [0.15, 0.2) is 16.6 Å². The summed E-state index contributed by atoms with van der Waals surface area (Å²) in [5.41, 5.74) is -0.434. The minimum atomic E-state index is -3.66. The number of halogens is 3. The van der Waals surface area contributed by atoms with Gasteiger partial charge in [0.15, 0.2) is 15.6 Å². The fourth-order valence-electron chi connectivity index (χ4n) is 1.31. The lowest BCUT2D eigenvalue weighted by Gasteiger charge is -2.21. The Bertz CT molecular complexity index is 624. The van der Waals surface area contributed by atoms with E-state index in [-0.39, 0.29) is 4.47 Å². The zero-order valence-electron chi connectivity index (χ0n) is 10.6. The van der Waals surface area contributed by atoms with Crippen LogP contribution in [0.2, 0.25) is 0 Å². The molecule has 0 N–H and O–H groups in total. The molecule has 0 saturated heterocycles. The lowest BCUT2D eigenvalue weighted by atomic mass is 9.99. The van der Waals surface area contributed by atoms with Crippen LogP contribution in [0.4, 0.5) is 8.78 Å². The molecule has 19 heavy (non-hydrogen) atoms. The molecule has 0 aromatic heterocycles. The zero-order valence-corrected chi connectivity index (χ0v) is 13.0. The maximum Gasteiger partial charge on any atom is 0.159 e. The Morgan fingerprint density at radius 3 is 2.32 bits per heavy atom. The van der Waals surface area contributed by atoms with Crippen LogP contribution in [0, 0.1) is 11.6 Å². The molecule has 0 aliphatic carbocycles. The molecule has 0 radical (unpaired) electrons. The van der Waals surface area contributed by atoms with Crippen LogP contribution in [0.1, 0.15) is 19.4 Å². The third kappa shape index (κ3) is 3.20. The van der Waals surface area contributed by atoms with Gasteiger partial charge in [0.2, 0.25) is 0 Å². The van der Waals surface area contributed by atoms with Gasteiger partial charge in [0, 0.05) is 18.2 Å². The molecule has 1 rings (SSSR count). The molecule has 0 fully saturated rings. The van der Waals surface area contributed by atoms with Crippen LogP contribution in [-0.4, -0.2) is 25.2 Å². The molecule has 1 aromatic carbocycles. The third-order valence-electron chi connectivity index (χ3n) is 3.07. The summed E-state index contributed by atoms with van der Waals surface area (Å²) in [4.78, 5) is 12.0. The van der Waals surface area contributed by atoms with Crippen LogP contribution in [-0.2, 0) is 21.1 Å². The van der Waals surface area contributed by atoms with Gasteiger partial charge in [-0.15, -0.1) is 0 Å². The van der Waals surface area contributed by atoms with E-state index in [9.17, 15) is 22.0 Å². The summed E-state index contributed by atoms with van der Waals surface area (Å²) in [6.45, 7) is 2.44. The average Bonchev–Trinajstić information content (AvgIpc) is 2.27. The number of hydrogen-bond donors (Lipinski definition) is 0. The molecule has 0 unspecified atom stereocenters. The first-order chi connectivity index (χ1) is 8.48. The quantitative estimate of drug-likeness (QED) is 0.781. The van der Waals surface area contributed by atoms with Crippen LogP contribution in [0.25, 0.3) is 0 Å². The summed E-state index contributed by atoms with van der Waals surface area (Å²) < 4.78 is 48.6. The Hall–Kier alpha value is -0.820. The van der Waals surface area contributed by atoms with Crippen LogP contribution in [0.5, 0.6) is 0 Å². The highest BCUT2D eigenvalue weighted by Crippen LogP contribution is 2.25. The van der Waals surface area contributed by atoms with E-state index in [0.29, 0.717) is 0 Å². The van der Waals surface area contributed by atoms with Crippen LogP contribution < -0.4 is 0 Å². The fourth-order valence-corrected chi connectivity index (χ4v) is 2.17. The van der Waals surface area contributed by atoms with Crippen molar-refractivity contribution < 1.29 is 22.0 Å². The van der Waals surface area contributed by atoms with Crippen molar-refractivity contribution in [3.8, 4) is 0 Å². The predicted octanol–water partition coefficient (Wildman–Crippen LogP) is 2.66. The van der Waals surface area contributed by atoms with Gasteiger partial charge in [0.25, 0.3) is 0 Å². The topological polar surface area (TPSA) is 51.2 Å². The molecule has 0 spiro atoms. The molecule has 0 aliphatic heterocycles. The molecule has 3 nitrogen and oxygen atoms in total. The second-order valence-electron chi connectivity index (χ2n) is 4.70. The zero-order chi connectivity index (χ0) is 15.0. The summed E-state index contributed by atoms with van der Waals surface area (Å²) in [6, 6.07) is 2.20. The van der Waals surface area contributed by atoms with Gasteiger partial charge in [-0.1, -0.05) is 0 Å². The van der Waals surface area contributed by atoms with Gasteiger partial charge in [0.05, 0.1) is 4.47 Å². The molecule has 106 valence electrons. The smallest absolute Gasteiger partial charge is 0.159 e. The highest BCUT2D eigenvalue weighted by Gasteiger charge is 2.38. The van der Waals surface area contributed by atoms with Crippen molar-refractivity contribution in [2.24, 2.45) is 0 Å². The highest BCUT2D eigenvalue weighted by molar-refractivity contribution is 9.10. The molecule has 0 bridgehead atoms. The van der Waals surface area contributed by atoms with E-state index in [2.05, 4.69) is 15.9 Å². The molecular formula is C12H13BrF2O3S. The van der Waals surface area contributed by atoms with E-state index in [0.717, 1.165) is 12.3 Å². The van der Waals surface area contributed by atoms with Crippen LogP contribution in [0.3, 0.4) is 0 Å². The first-order valence-corrected chi connectivity index (χ1v) is 8.02. The molecule has 0 heterocycles. The second-order valence-corrected chi connectivity index (χ2v) is 8.12. The van der Waals surface area contributed by atoms with Gasteiger partial charge in [-0.25, -0.2) is 17.2 Å². The highest BCUT2D eigenvalue weighted by atomic mass is 79.9. The molecular weight excluding hydrogens is 342 g/mol. The first kappa shape index (κ1) is 16.2. The number of carbonyl (C=O) groups excluding carboxylic acids is 1. The maximum atomic E-state index is 13.7. The number of carbonyl (C=O) groups is 1. The van der Waals surface area contributed by atoms with Crippen molar-refractivity contribution in [1.29, 1.82) is 0 Å². The Kier molecular flexibility index (Phi) is 4.51. The monoisotopic (exact) mass is 354 g/mol. The Labute approximate surface area is 119 Å². The molecule has 7 heteroatoms. The van der Waals surface area contributed by atoms with Crippen molar-refractivity contribution in [2.45, 2.75) is 25.0 Å². The Morgan fingerprint density at radius 2 is 1.84 bits per heavy atom. The largest absolute Gasteiger partial charge is 0.298 e. The third-order valence-corrected chi connectivity index (χ3v) is 5.77. The summed E-state index contributed by atoms with van der Waals surface area (Å²) in [7, 11) is -3.66. The number of rotatable bonds is 4. The molecule has 0 atom stereocenters. The summed E-state index contributed by atoms with van der Waals surface area (Å²) in [6.07, 6.45) is 0.301. The number of ketones is 1. The first-order valence-electron chi connectivity index (χ1n) is 5.33. The van der Waals surface area contributed by atoms with Gasteiger partial charge in [-0.2, -0.15) is 0 Å². The summed E-state index contributed by atoms with van der Waals surface area (Å²) in [5.74, 6) is -2.53. The van der Waals surface area contributed by atoms with E-state index in [1.807, 2.05) is 0 Å². The van der Waals surface area contributed by atoms with E-state index in [1.54, 1.807) is 0 Å². The minimum Gasteiger partial charge on any atom is -0.298 e. The van der Waals surface area contributed by atoms with Gasteiger partial charge < -0.3 is 0 Å². The second kappa shape index (κ2) is 5.28.